The average molecular weight is 274 g/mol. The van der Waals surface area contributed by atoms with E-state index in [9.17, 15) is 0 Å². The summed E-state index contributed by atoms with van der Waals surface area (Å²) in [5, 5.41) is 0.832. The largest absolute Gasteiger partial charge is 0.384 e. The van der Waals surface area contributed by atoms with Gasteiger partial charge in [0.25, 0.3) is 0 Å². The lowest BCUT2D eigenvalue weighted by molar-refractivity contribution is 0.974. The van der Waals surface area contributed by atoms with Gasteiger partial charge in [-0.25, -0.2) is 15.0 Å². The van der Waals surface area contributed by atoms with Gasteiger partial charge in [-0.3, -0.25) is 0 Å². The molecule has 0 fully saturated rings. The topological polar surface area (TPSA) is 64.7 Å². The van der Waals surface area contributed by atoms with Gasteiger partial charge in [-0.2, -0.15) is 0 Å². The van der Waals surface area contributed by atoms with Crippen molar-refractivity contribution in [1.29, 1.82) is 0 Å². The summed E-state index contributed by atoms with van der Waals surface area (Å²) in [5.74, 6) is 1.17. The van der Waals surface area contributed by atoms with Gasteiger partial charge in [0, 0.05) is 6.07 Å². The number of thiazole rings is 1. The van der Waals surface area contributed by atoms with E-state index in [-0.39, 0.29) is 0 Å². The number of para-hydroxylation sites is 1. The molecule has 0 bridgehead atoms. The quantitative estimate of drug-likeness (QED) is 0.727. The lowest BCUT2D eigenvalue weighted by Gasteiger charge is -1.99. The van der Waals surface area contributed by atoms with E-state index in [0.29, 0.717) is 11.6 Å². The van der Waals surface area contributed by atoms with Gasteiger partial charge in [0.05, 0.1) is 10.2 Å². The fourth-order valence-corrected chi connectivity index (χ4v) is 3.67. The number of fused-ring (bicyclic) bond motifs is 1. The van der Waals surface area contributed by atoms with Gasteiger partial charge in [0.2, 0.25) is 0 Å². The number of rotatable bonds is 2. The normalized spacial score (nSPS) is 10.9. The minimum Gasteiger partial charge on any atom is -0.384 e. The van der Waals surface area contributed by atoms with E-state index in [1.807, 2.05) is 25.1 Å². The van der Waals surface area contributed by atoms with Gasteiger partial charge >= 0.3 is 0 Å². The summed E-state index contributed by atoms with van der Waals surface area (Å²) < 4.78 is 2.15. The molecule has 90 valence electrons. The number of hydrogen-bond donors (Lipinski definition) is 1. The molecule has 0 aliphatic carbocycles. The second kappa shape index (κ2) is 4.55. The van der Waals surface area contributed by atoms with Crippen molar-refractivity contribution in [3.05, 3.63) is 36.2 Å². The molecule has 0 spiro atoms. The van der Waals surface area contributed by atoms with E-state index in [4.69, 9.17) is 5.73 Å². The zero-order valence-electron chi connectivity index (χ0n) is 9.62. The number of anilines is 1. The van der Waals surface area contributed by atoms with Crippen LogP contribution in [0.3, 0.4) is 0 Å². The van der Waals surface area contributed by atoms with Crippen molar-refractivity contribution in [1.82, 2.24) is 15.0 Å². The third-order valence-electron chi connectivity index (χ3n) is 2.30. The first kappa shape index (κ1) is 11.4. The molecule has 1 aromatic carbocycles. The first-order valence-electron chi connectivity index (χ1n) is 5.35. The van der Waals surface area contributed by atoms with E-state index < -0.39 is 0 Å². The zero-order chi connectivity index (χ0) is 12.5. The summed E-state index contributed by atoms with van der Waals surface area (Å²) in [6.45, 7) is 1.83. The highest BCUT2D eigenvalue weighted by atomic mass is 32.2. The standard InChI is InChI=1S/C12H10N4S2/c1-7-14-10(13)6-11(15-7)18-12-16-8-4-2-3-5-9(8)17-12/h2-6H,1H3,(H2,13,14,15). The van der Waals surface area contributed by atoms with Gasteiger partial charge in [0.15, 0.2) is 4.34 Å². The van der Waals surface area contributed by atoms with Gasteiger partial charge in [0.1, 0.15) is 16.7 Å². The molecule has 0 aliphatic heterocycles. The molecule has 2 N–H and O–H groups in total. The molecule has 0 saturated heterocycles. The van der Waals surface area contributed by atoms with E-state index in [0.717, 1.165) is 14.9 Å². The van der Waals surface area contributed by atoms with Crippen LogP contribution in [0.15, 0.2) is 39.7 Å². The maximum atomic E-state index is 5.71. The number of nitrogens with two attached hydrogens (primary N) is 1. The molecule has 3 aromatic rings. The molecule has 0 radical (unpaired) electrons. The van der Waals surface area contributed by atoms with Crippen LogP contribution in [0.5, 0.6) is 0 Å². The van der Waals surface area contributed by atoms with E-state index >= 15 is 0 Å². The average Bonchev–Trinajstić information content (AvgIpc) is 2.69. The Balaban J connectivity index is 1.96. The number of nitrogens with zero attached hydrogens (tertiary/aromatic N) is 3. The predicted octanol–water partition coefficient (Wildman–Crippen LogP) is 3.13. The third-order valence-corrected chi connectivity index (χ3v) is 4.32. The van der Waals surface area contributed by atoms with Crippen LogP contribution in [0.25, 0.3) is 10.2 Å². The molecular weight excluding hydrogens is 264 g/mol. The highest BCUT2D eigenvalue weighted by Gasteiger charge is 2.07. The highest BCUT2D eigenvalue weighted by Crippen LogP contribution is 2.33. The Kier molecular flexibility index (Phi) is 2.89. The molecule has 4 nitrogen and oxygen atoms in total. The maximum Gasteiger partial charge on any atom is 0.157 e. The van der Waals surface area contributed by atoms with Crippen LogP contribution >= 0.6 is 23.1 Å². The van der Waals surface area contributed by atoms with Crippen molar-refractivity contribution in [3.63, 3.8) is 0 Å². The lowest BCUT2D eigenvalue weighted by Crippen LogP contribution is -1.96. The second-order valence-electron chi connectivity index (χ2n) is 3.73. The Morgan fingerprint density at radius 3 is 2.78 bits per heavy atom. The van der Waals surface area contributed by atoms with Crippen LogP contribution in [0.2, 0.25) is 0 Å². The summed E-state index contributed by atoms with van der Waals surface area (Å²) in [4.78, 5) is 12.9. The molecule has 6 heteroatoms. The summed E-state index contributed by atoms with van der Waals surface area (Å²) in [6, 6.07) is 9.85. The first-order valence-corrected chi connectivity index (χ1v) is 6.98. The zero-order valence-corrected chi connectivity index (χ0v) is 11.3. The Bertz CT molecular complexity index is 655. The SMILES string of the molecule is Cc1nc(N)cc(Sc2nc3ccccc3s2)n1. The van der Waals surface area contributed by atoms with Gasteiger partial charge < -0.3 is 5.73 Å². The van der Waals surface area contributed by atoms with Crippen LogP contribution in [-0.2, 0) is 0 Å². The number of aryl methyl sites for hydroxylation is 1. The molecule has 0 unspecified atom stereocenters. The molecule has 0 atom stereocenters. The fraction of sp³-hybridized carbons (Fsp3) is 0.0833. The lowest BCUT2D eigenvalue weighted by atomic mass is 10.3. The van der Waals surface area contributed by atoms with Crippen molar-refractivity contribution >= 4 is 39.1 Å². The molecular formula is C12H10N4S2. The minimum atomic E-state index is 0.492. The van der Waals surface area contributed by atoms with Crippen molar-refractivity contribution < 1.29 is 0 Å². The van der Waals surface area contributed by atoms with Gasteiger partial charge in [-0.05, 0) is 30.8 Å². The minimum absolute atomic E-state index is 0.492. The molecule has 2 heterocycles. The first-order chi connectivity index (χ1) is 8.70. The number of nitrogen functional groups attached to an aromatic ring is 1. The molecule has 0 aliphatic rings. The van der Waals surface area contributed by atoms with Crippen LogP contribution < -0.4 is 5.73 Å². The number of aromatic nitrogens is 3. The number of benzene rings is 1. The smallest absolute Gasteiger partial charge is 0.157 e. The molecule has 18 heavy (non-hydrogen) atoms. The van der Waals surface area contributed by atoms with Gasteiger partial charge in [-0.15, -0.1) is 11.3 Å². The molecule has 2 aromatic heterocycles. The van der Waals surface area contributed by atoms with Gasteiger partial charge in [-0.1, -0.05) is 12.1 Å². The highest BCUT2D eigenvalue weighted by molar-refractivity contribution is 8.01. The van der Waals surface area contributed by atoms with Crippen LogP contribution in [0.1, 0.15) is 5.82 Å². The summed E-state index contributed by atoms with van der Waals surface area (Å²) in [5.41, 5.74) is 6.72. The van der Waals surface area contributed by atoms with Crippen LogP contribution in [-0.4, -0.2) is 15.0 Å². The monoisotopic (exact) mass is 274 g/mol. The van der Waals surface area contributed by atoms with Crippen molar-refractivity contribution in [2.24, 2.45) is 0 Å². The molecule has 3 rings (SSSR count). The Labute approximate surface area is 112 Å². The Morgan fingerprint density at radius 1 is 1.17 bits per heavy atom. The number of hydrogen-bond acceptors (Lipinski definition) is 6. The van der Waals surface area contributed by atoms with Crippen LogP contribution in [0, 0.1) is 6.92 Å². The summed E-state index contributed by atoms with van der Waals surface area (Å²) in [6.07, 6.45) is 0. The molecule has 0 saturated carbocycles. The second-order valence-corrected chi connectivity index (χ2v) is 6.03. The third kappa shape index (κ3) is 2.30. The maximum absolute atomic E-state index is 5.71. The molecule has 0 amide bonds. The predicted molar refractivity (Wildman–Crippen MR) is 74.9 cm³/mol. The van der Waals surface area contributed by atoms with Crippen molar-refractivity contribution in [2.45, 2.75) is 16.3 Å². The summed E-state index contributed by atoms with van der Waals surface area (Å²) in [7, 11) is 0. The van der Waals surface area contributed by atoms with Crippen LogP contribution in [0.4, 0.5) is 5.82 Å². The Morgan fingerprint density at radius 2 is 2.00 bits per heavy atom. The fourth-order valence-electron chi connectivity index (χ4n) is 1.60. The van der Waals surface area contributed by atoms with E-state index in [1.165, 1.54) is 16.5 Å². The van der Waals surface area contributed by atoms with Crippen molar-refractivity contribution in [3.8, 4) is 0 Å². The van der Waals surface area contributed by atoms with Crippen molar-refractivity contribution in [2.75, 3.05) is 5.73 Å². The van der Waals surface area contributed by atoms with E-state index in [1.54, 1.807) is 17.4 Å². The van der Waals surface area contributed by atoms with E-state index in [2.05, 4.69) is 21.0 Å². The summed E-state index contributed by atoms with van der Waals surface area (Å²) >= 11 is 3.17. The Hall–Kier alpha value is -1.66.